The molecular weight excluding hydrogens is 568 g/mol. The maximum atomic E-state index is 11.7. The van der Waals surface area contributed by atoms with E-state index in [0.717, 1.165) is 0 Å². The van der Waals surface area contributed by atoms with E-state index in [1.165, 1.54) is 0 Å². The highest BCUT2D eigenvalue weighted by atomic mass is 31.2. The van der Waals surface area contributed by atoms with Crippen LogP contribution in [-0.4, -0.2) is 77.8 Å². The maximum Gasteiger partial charge on any atom is 0.469 e. The number of nitrogens with one attached hydrogen (secondary N) is 2. The number of imidazole rings is 1. The molecule has 16 nitrogen and oxygen atoms in total. The Morgan fingerprint density at radius 2 is 2.02 bits per heavy atom. The number of nitrogens with two attached hydrogens (primary N) is 1. The SMILES string of the molecule is CNc1nc(C#CCCCCC(=O)NCCN)nc2c1ncn2C1CC(OP(=O)(O)O)[C@@]2(COP(=O)(O)O)C[C@@H]12. The van der Waals surface area contributed by atoms with Crippen LogP contribution in [0, 0.1) is 23.2 Å². The molecule has 2 heterocycles. The highest BCUT2D eigenvalue weighted by molar-refractivity contribution is 7.46. The number of carbonyl (C=O) groups is 1. The van der Waals surface area contributed by atoms with Crippen LogP contribution in [0.5, 0.6) is 0 Å². The van der Waals surface area contributed by atoms with Gasteiger partial charge >= 0.3 is 15.6 Å². The molecule has 40 heavy (non-hydrogen) atoms. The number of amides is 1. The monoisotopic (exact) mass is 601 g/mol. The van der Waals surface area contributed by atoms with Gasteiger partial charge < -0.3 is 40.5 Å². The van der Waals surface area contributed by atoms with Gasteiger partial charge in [-0.2, -0.15) is 0 Å². The van der Waals surface area contributed by atoms with E-state index >= 15 is 0 Å². The fourth-order valence-corrected chi connectivity index (χ4v) is 6.31. The normalized spacial score (nSPS) is 23.9. The van der Waals surface area contributed by atoms with Gasteiger partial charge in [0.25, 0.3) is 0 Å². The summed E-state index contributed by atoms with van der Waals surface area (Å²) in [6, 6.07) is -0.382. The number of hydrogen-bond acceptors (Lipinski definition) is 10. The van der Waals surface area contributed by atoms with E-state index in [9.17, 15) is 33.5 Å². The lowest BCUT2D eigenvalue weighted by Crippen LogP contribution is -2.28. The molecule has 18 heteroatoms. The standard InChI is InChI=1S/C22H33N7O9P2/c1-24-20-19-21(28-17(27-20)6-4-2-3-5-7-18(30)25-9-8-23)29(13-26-19)15-10-16(38-40(34,35)36)22(11-14(15)22)12-37-39(31,32)33/h13-16H,2-3,5,7-12,23H2,1H3,(H,25,30)(H,24,27,28)(H2,31,32,33)(H2,34,35,36)/t14-,15?,16?,22+/m0/s1. The number of phosphoric acid groups is 2. The Labute approximate surface area is 229 Å². The van der Waals surface area contributed by atoms with Crippen molar-refractivity contribution in [2.45, 2.75) is 50.7 Å². The largest absolute Gasteiger partial charge is 0.469 e. The fourth-order valence-electron chi connectivity index (χ4n) is 5.27. The third-order valence-electron chi connectivity index (χ3n) is 7.14. The van der Waals surface area contributed by atoms with E-state index in [0.29, 0.717) is 62.2 Å². The zero-order valence-electron chi connectivity index (χ0n) is 21.8. The first kappa shape index (κ1) is 30.5. The third kappa shape index (κ3) is 7.25. The third-order valence-corrected chi connectivity index (χ3v) is 8.14. The average Bonchev–Trinajstić information content (AvgIpc) is 3.35. The number of nitrogens with zero attached hydrogens (tertiary/aromatic N) is 4. The van der Waals surface area contributed by atoms with Crippen LogP contribution in [0.2, 0.25) is 0 Å². The zero-order chi connectivity index (χ0) is 29.1. The number of rotatable bonds is 13. The Kier molecular flexibility index (Phi) is 9.31. The van der Waals surface area contributed by atoms with E-state index in [-0.39, 0.29) is 30.1 Å². The minimum atomic E-state index is -4.89. The molecule has 0 saturated heterocycles. The molecule has 2 aliphatic carbocycles. The van der Waals surface area contributed by atoms with Gasteiger partial charge in [-0.25, -0.2) is 24.1 Å². The summed E-state index contributed by atoms with van der Waals surface area (Å²) in [7, 11) is -8.03. The van der Waals surface area contributed by atoms with Gasteiger partial charge in [0.2, 0.25) is 11.7 Å². The van der Waals surface area contributed by atoms with E-state index in [1.54, 1.807) is 17.9 Å². The minimum absolute atomic E-state index is 0.0487. The summed E-state index contributed by atoms with van der Waals surface area (Å²) in [5.41, 5.74) is 5.30. The molecule has 0 bridgehead atoms. The van der Waals surface area contributed by atoms with Crippen molar-refractivity contribution in [3.05, 3.63) is 12.2 Å². The van der Waals surface area contributed by atoms with Crippen molar-refractivity contribution < 1.29 is 42.5 Å². The smallest absolute Gasteiger partial charge is 0.371 e. The zero-order valence-corrected chi connectivity index (χ0v) is 23.6. The number of hydrogen-bond donors (Lipinski definition) is 7. The van der Waals surface area contributed by atoms with Crippen LogP contribution in [0.1, 0.15) is 50.4 Å². The number of carbonyl (C=O) groups excluding carboxylic acids is 1. The summed E-state index contributed by atoms with van der Waals surface area (Å²) < 4.78 is 34.6. The van der Waals surface area contributed by atoms with E-state index in [1.807, 2.05) is 0 Å². The van der Waals surface area contributed by atoms with Crippen LogP contribution in [-0.2, 0) is 23.0 Å². The Morgan fingerprint density at radius 3 is 2.70 bits per heavy atom. The molecule has 0 radical (unpaired) electrons. The number of unbranched alkanes of at least 4 members (excludes halogenated alkanes) is 2. The van der Waals surface area contributed by atoms with Crippen molar-refractivity contribution in [2.75, 3.05) is 32.1 Å². The van der Waals surface area contributed by atoms with Crippen LogP contribution in [0.4, 0.5) is 5.82 Å². The number of anilines is 1. The summed E-state index contributed by atoms with van der Waals surface area (Å²) >= 11 is 0. The summed E-state index contributed by atoms with van der Waals surface area (Å²) in [4.78, 5) is 62.4. The van der Waals surface area contributed by atoms with Crippen molar-refractivity contribution in [3.63, 3.8) is 0 Å². The van der Waals surface area contributed by atoms with Crippen molar-refractivity contribution in [1.82, 2.24) is 24.8 Å². The summed E-state index contributed by atoms with van der Waals surface area (Å²) in [5, 5.41) is 5.69. The summed E-state index contributed by atoms with van der Waals surface area (Å²) in [6.45, 7) is 0.423. The van der Waals surface area contributed by atoms with Crippen molar-refractivity contribution in [1.29, 1.82) is 0 Å². The lowest BCUT2D eigenvalue weighted by molar-refractivity contribution is -0.121. The molecule has 4 rings (SSSR count). The molecule has 0 aromatic carbocycles. The predicted molar refractivity (Wildman–Crippen MR) is 141 cm³/mol. The van der Waals surface area contributed by atoms with Gasteiger partial charge in [-0.05, 0) is 37.5 Å². The van der Waals surface area contributed by atoms with E-state index in [4.69, 9.17) is 14.8 Å². The Hall–Kier alpha value is -2.44. The van der Waals surface area contributed by atoms with Gasteiger partial charge in [0, 0.05) is 44.4 Å². The molecule has 0 spiro atoms. The minimum Gasteiger partial charge on any atom is -0.371 e. The molecular formula is C22H33N7O9P2. The van der Waals surface area contributed by atoms with Crippen molar-refractivity contribution >= 4 is 38.5 Å². The molecule has 2 aromatic heterocycles. The second-order valence-electron chi connectivity index (χ2n) is 9.81. The molecule has 2 aromatic rings. The molecule has 0 aliphatic heterocycles. The fraction of sp³-hybridized carbons (Fsp3) is 0.636. The molecule has 220 valence electrons. The Morgan fingerprint density at radius 1 is 1.25 bits per heavy atom. The van der Waals surface area contributed by atoms with Crippen molar-refractivity contribution in [3.8, 4) is 11.8 Å². The molecule has 1 amide bonds. The first-order valence-corrected chi connectivity index (χ1v) is 15.7. The number of phosphoric ester groups is 2. The summed E-state index contributed by atoms with van der Waals surface area (Å²) in [6.07, 6.45) is 3.38. The van der Waals surface area contributed by atoms with Crippen molar-refractivity contribution in [2.24, 2.45) is 17.1 Å². The van der Waals surface area contributed by atoms with E-state index in [2.05, 4.69) is 37.4 Å². The summed E-state index contributed by atoms with van der Waals surface area (Å²) in [5.74, 6) is 6.35. The first-order chi connectivity index (χ1) is 18.9. The maximum absolute atomic E-state index is 11.7. The topological polar surface area (TPSA) is 244 Å². The van der Waals surface area contributed by atoms with Gasteiger partial charge in [-0.15, -0.1) is 0 Å². The lowest BCUT2D eigenvalue weighted by Gasteiger charge is -2.24. The van der Waals surface area contributed by atoms with Crippen LogP contribution in [0.15, 0.2) is 6.33 Å². The lowest BCUT2D eigenvalue weighted by atomic mass is 10.0. The first-order valence-electron chi connectivity index (χ1n) is 12.7. The quantitative estimate of drug-likeness (QED) is 0.0933. The van der Waals surface area contributed by atoms with E-state index < -0.39 is 33.8 Å². The molecule has 2 unspecified atom stereocenters. The number of aromatic nitrogens is 4. The Bertz CT molecular complexity index is 1400. The van der Waals surface area contributed by atoms with Gasteiger partial charge in [0.1, 0.15) is 0 Å². The molecule has 2 saturated carbocycles. The molecule has 2 fully saturated rings. The van der Waals surface area contributed by atoms with Gasteiger partial charge in [-0.3, -0.25) is 13.8 Å². The van der Waals surface area contributed by atoms with Gasteiger partial charge in [0.05, 0.1) is 19.0 Å². The second-order valence-corrected chi connectivity index (χ2v) is 12.2. The highest BCUT2D eigenvalue weighted by Gasteiger charge is 2.70. The Balaban J connectivity index is 1.52. The van der Waals surface area contributed by atoms with Crippen LogP contribution < -0.4 is 16.4 Å². The number of fused-ring (bicyclic) bond motifs is 2. The van der Waals surface area contributed by atoms with Gasteiger partial charge in [-0.1, -0.05) is 5.92 Å². The van der Waals surface area contributed by atoms with Crippen LogP contribution >= 0.6 is 15.6 Å². The predicted octanol–water partition coefficient (Wildman–Crippen LogP) is 0.393. The molecule has 2 aliphatic rings. The van der Waals surface area contributed by atoms with Crippen LogP contribution in [0.25, 0.3) is 11.2 Å². The average molecular weight is 601 g/mol. The molecule has 4 atom stereocenters. The van der Waals surface area contributed by atoms with Crippen LogP contribution in [0.3, 0.4) is 0 Å². The highest BCUT2D eigenvalue weighted by Crippen LogP contribution is 2.71. The molecule has 8 N–H and O–H groups in total. The second kappa shape index (κ2) is 12.2. The van der Waals surface area contributed by atoms with Gasteiger partial charge in [0.15, 0.2) is 17.0 Å².